The molecule has 3 rings (SSSR count). The average Bonchev–Trinajstić information content (AvgIpc) is 2.51. The molecule has 2 unspecified atom stereocenters. The third-order valence-electron chi connectivity index (χ3n) is 7.52. The highest BCUT2D eigenvalue weighted by molar-refractivity contribution is 6.67. The number of allylic oxidation sites excluding steroid dienone is 2. The van der Waals surface area contributed by atoms with Crippen LogP contribution in [0.3, 0.4) is 0 Å². The maximum Gasteiger partial charge on any atom is 0.322 e. The molecule has 1 heterocycles. The quantitative estimate of drug-likeness (QED) is 0.394. The zero-order chi connectivity index (χ0) is 21.2. The van der Waals surface area contributed by atoms with Crippen LogP contribution in [0.25, 0.3) is 0 Å². The fourth-order valence-electron chi connectivity index (χ4n) is 4.62. The van der Waals surface area contributed by atoms with Gasteiger partial charge in [0.05, 0.1) is 11.1 Å². The summed E-state index contributed by atoms with van der Waals surface area (Å²) in [6, 6.07) is 0. The molecule has 5 nitrogen and oxygen atoms in total. The van der Waals surface area contributed by atoms with Gasteiger partial charge in [0.1, 0.15) is 17.6 Å². The Hall–Kier alpha value is -1.30. The lowest BCUT2D eigenvalue weighted by Crippen LogP contribution is -2.69. The smallest absolute Gasteiger partial charge is 0.322 e. The van der Waals surface area contributed by atoms with Crippen molar-refractivity contribution < 1.29 is 18.9 Å². The Kier molecular flexibility index (Phi) is 4.86. The lowest BCUT2D eigenvalue weighted by Gasteiger charge is -2.64. The van der Waals surface area contributed by atoms with Gasteiger partial charge in [0.25, 0.3) is 0 Å². The molecule has 1 N–H and O–H groups in total. The predicted molar refractivity (Wildman–Crippen MR) is 112 cm³/mol. The van der Waals surface area contributed by atoms with Crippen LogP contribution in [0.1, 0.15) is 74.7 Å². The number of ether oxygens (including phenoxy) is 2. The average molecular weight is 389 g/mol. The first-order valence-electron chi connectivity index (χ1n) is 10.5. The van der Waals surface area contributed by atoms with Crippen molar-refractivity contribution in [3.8, 4) is 0 Å². The molecule has 0 amide bonds. The number of esters is 1. The fraction of sp³-hybridized carbons (Fsp3) is 0.818. The van der Waals surface area contributed by atoms with Crippen LogP contribution < -0.4 is 0 Å². The van der Waals surface area contributed by atoms with Crippen molar-refractivity contribution in [2.75, 3.05) is 6.61 Å². The van der Waals surface area contributed by atoms with E-state index in [0.717, 1.165) is 25.0 Å². The molecule has 2 atom stereocenters. The number of hydrogen-bond acceptors (Lipinski definition) is 5. The maximum absolute atomic E-state index is 12.8. The Balaban J connectivity index is 1.75. The third-order valence-corrected chi connectivity index (χ3v) is 7.52. The third kappa shape index (κ3) is 2.94. The molecule has 0 radical (unpaired) electrons. The summed E-state index contributed by atoms with van der Waals surface area (Å²) in [4.78, 5) is 12.8. The monoisotopic (exact) mass is 389 g/mol. The Morgan fingerprint density at radius 2 is 1.93 bits per heavy atom. The van der Waals surface area contributed by atoms with Crippen molar-refractivity contribution in [2.24, 2.45) is 11.3 Å². The van der Waals surface area contributed by atoms with Gasteiger partial charge in [-0.05, 0) is 64.8 Å². The number of nitrogens with one attached hydrogen (secondary N) is 1. The summed E-state index contributed by atoms with van der Waals surface area (Å²) >= 11 is 0. The lowest BCUT2D eigenvalue weighted by molar-refractivity contribution is -0.178. The van der Waals surface area contributed by atoms with Crippen LogP contribution in [0.5, 0.6) is 0 Å². The van der Waals surface area contributed by atoms with Crippen LogP contribution >= 0.6 is 0 Å². The minimum atomic E-state index is -0.560. The summed E-state index contributed by atoms with van der Waals surface area (Å²) < 4.78 is 18.2. The molecular formula is C22H36BNO4. The number of carbonyl (C=O) groups excluding carboxylic acids is 1. The van der Waals surface area contributed by atoms with Gasteiger partial charge in [-0.3, -0.25) is 4.79 Å². The molecule has 0 spiro atoms. The topological polar surface area (TPSA) is 68.6 Å². The van der Waals surface area contributed by atoms with E-state index in [0.29, 0.717) is 6.61 Å². The van der Waals surface area contributed by atoms with Crippen molar-refractivity contribution in [3.05, 3.63) is 11.8 Å². The van der Waals surface area contributed by atoms with Crippen molar-refractivity contribution >= 4 is 19.1 Å². The van der Waals surface area contributed by atoms with Crippen molar-refractivity contribution in [3.63, 3.8) is 0 Å². The van der Waals surface area contributed by atoms with Crippen molar-refractivity contribution in [1.29, 1.82) is 5.41 Å². The Labute approximate surface area is 170 Å². The maximum atomic E-state index is 12.8. The summed E-state index contributed by atoms with van der Waals surface area (Å²) in [5.74, 6) is 0.777. The van der Waals surface area contributed by atoms with Gasteiger partial charge in [0, 0.05) is 11.8 Å². The van der Waals surface area contributed by atoms with Gasteiger partial charge in [-0.15, -0.1) is 0 Å². The molecular weight excluding hydrogens is 353 g/mol. The fourth-order valence-corrected chi connectivity index (χ4v) is 4.62. The van der Waals surface area contributed by atoms with E-state index in [4.69, 9.17) is 19.5 Å². The van der Waals surface area contributed by atoms with Gasteiger partial charge >= 0.3 is 12.9 Å². The number of hydrogen-bond donors (Lipinski definition) is 1. The Morgan fingerprint density at radius 3 is 2.29 bits per heavy atom. The summed E-state index contributed by atoms with van der Waals surface area (Å²) in [5, 5.41) is 7.58. The molecule has 2 aliphatic carbocycles. The van der Waals surface area contributed by atoms with E-state index in [1.807, 2.05) is 20.8 Å². The van der Waals surface area contributed by atoms with Crippen LogP contribution in [-0.2, 0) is 18.9 Å². The van der Waals surface area contributed by atoms with E-state index in [-0.39, 0.29) is 29.7 Å². The summed E-state index contributed by atoms with van der Waals surface area (Å²) in [7, 11) is 0. The molecule has 3 aliphatic rings. The summed E-state index contributed by atoms with van der Waals surface area (Å²) in [6.07, 6.45) is 6.16. The molecule has 2 fully saturated rings. The minimum Gasteiger partial charge on any atom is -0.497 e. The lowest BCUT2D eigenvalue weighted by atomic mass is 9.22. The van der Waals surface area contributed by atoms with E-state index in [2.05, 4.69) is 40.7 Å². The molecule has 0 aromatic rings. The Morgan fingerprint density at radius 1 is 1.32 bits per heavy atom. The molecule has 156 valence electrons. The predicted octanol–water partition coefficient (Wildman–Crippen LogP) is 5.02. The van der Waals surface area contributed by atoms with Crippen LogP contribution in [0.4, 0.5) is 0 Å². The first-order valence-corrected chi connectivity index (χ1v) is 10.5. The molecule has 1 saturated heterocycles. The van der Waals surface area contributed by atoms with Gasteiger partial charge in [-0.2, -0.15) is 0 Å². The second-order valence-corrected chi connectivity index (χ2v) is 11.1. The molecule has 28 heavy (non-hydrogen) atoms. The zero-order valence-corrected chi connectivity index (χ0v) is 18.8. The van der Waals surface area contributed by atoms with E-state index in [1.54, 1.807) is 0 Å². The second-order valence-electron chi connectivity index (χ2n) is 11.1. The highest BCUT2D eigenvalue weighted by Crippen LogP contribution is 2.67. The highest BCUT2D eigenvalue weighted by Gasteiger charge is 2.71. The van der Waals surface area contributed by atoms with Crippen molar-refractivity contribution in [2.45, 2.75) is 96.5 Å². The number of carbonyl (C=O) groups is 1. The molecule has 0 bridgehead atoms. The minimum absolute atomic E-state index is 0.0823. The van der Waals surface area contributed by atoms with E-state index >= 15 is 0 Å². The van der Waals surface area contributed by atoms with E-state index in [1.165, 1.54) is 6.21 Å². The highest BCUT2D eigenvalue weighted by atomic mass is 16.6. The van der Waals surface area contributed by atoms with Crippen LogP contribution in [0.15, 0.2) is 11.8 Å². The van der Waals surface area contributed by atoms with Gasteiger partial charge in [-0.25, -0.2) is 0 Å². The molecule has 1 aliphatic heterocycles. The van der Waals surface area contributed by atoms with Gasteiger partial charge in [0.15, 0.2) is 0 Å². The van der Waals surface area contributed by atoms with Gasteiger partial charge < -0.3 is 19.5 Å². The first-order chi connectivity index (χ1) is 12.7. The summed E-state index contributed by atoms with van der Waals surface area (Å²) in [6.45, 7) is 16.6. The molecule has 0 aromatic carbocycles. The number of rotatable bonds is 6. The van der Waals surface area contributed by atoms with E-state index in [9.17, 15) is 4.79 Å². The van der Waals surface area contributed by atoms with E-state index < -0.39 is 16.3 Å². The zero-order valence-electron chi connectivity index (χ0n) is 18.8. The molecule has 6 heteroatoms. The van der Waals surface area contributed by atoms with Gasteiger partial charge in [0.2, 0.25) is 0 Å². The molecule has 1 saturated carbocycles. The normalized spacial score (nSPS) is 32.2. The van der Waals surface area contributed by atoms with Gasteiger partial charge in [-0.1, -0.05) is 27.2 Å². The largest absolute Gasteiger partial charge is 0.497 e. The van der Waals surface area contributed by atoms with Crippen LogP contribution in [0.2, 0.25) is 10.6 Å². The van der Waals surface area contributed by atoms with Crippen LogP contribution in [-0.4, -0.2) is 36.9 Å². The Bertz CT molecular complexity index is 702. The molecule has 0 aromatic heterocycles. The first kappa shape index (κ1) is 21.4. The summed E-state index contributed by atoms with van der Waals surface area (Å²) in [5.41, 5.74) is -1.30. The standard InChI is InChI=1S/C22H36BNO4/c1-15-12-16(22(15,13-24)23-19(5,6)20(7,8)28-23)26-14-21(10-9-11-21)17(25)27-18(2,3)4/h12-13,15,24H,9-11,14H2,1-8H3. The SMILES string of the molecule is CC1C=C(OCC2(C(=O)OC(C)(C)C)CCC2)C1(C=N)B1OC(C)(C)C1(C)C. The second kappa shape index (κ2) is 6.35. The van der Waals surface area contributed by atoms with Crippen molar-refractivity contribution in [1.82, 2.24) is 0 Å². The van der Waals surface area contributed by atoms with Crippen LogP contribution in [0, 0.1) is 16.7 Å².